The van der Waals surface area contributed by atoms with Crippen molar-refractivity contribution < 1.29 is 19.0 Å². The van der Waals surface area contributed by atoms with Crippen LogP contribution in [0, 0.1) is 5.82 Å². The standard InChI is InChI=1S/C27H34FN3O3/c1-2-22(32)18-34-23-6-7-24-19(15-23)9-14-31(27(24)33)20-5-8-26(25(28)16-20)30-13-10-21(17-30)29-11-3-4-12-29/h5-8,15-16,21-22,32H,2-4,9-14,17-18H2,1H3/t21-,22-/m1/s1. The van der Waals surface area contributed by atoms with E-state index in [4.69, 9.17) is 4.74 Å². The number of halogens is 1. The summed E-state index contributed by atoms with van der Waals surface area (Å²) in [7, 11) is 0. The van der Waals surface area contributed by atoms with Crippen molar-refractivity contribution in [2.45, 2.75) is 51.2 Å². The molecule has 0 spiro atoms. The summed E-state index contributed by atoms with van der Waals surface area (Å²) in [5, 5.41) is 9.71. The molecule has 0 aliphatic carbocycles. The van der Waals surface area contributed by atoms with Gasteiger partial charge in [0.15, 0.2) is 0 Å². The van der Waals surface area contributed by atoms with Crippen molar-refractivity contribution in [1.82, 2.24) is 4.90 Å². The third-order valence-electron chi connectivity index (χ3n) is 7.47. The lowest BCUT2D eigenvalue weighted by Crippen LogP contribution is -2.38. The van der Waals surface area contributed by atoms with Gasteiger partial charge in [0.05, 0.1) is 11.8 Å². The first kappa shape index (κ1) is 23.1. The van der Waals surface area contributed by atoms with E-state index >= 15 is 4.39 Å². The molecule has 1 amide bonds. The molecule has 0 radical (unpaired) electrons. The Hall–Kier alpha value is -2.64. The molecule has 0 unspecified atom stereocenters. The maximum Gasteiger partial charge on any atom is 0.258 e. The molecule has 6 nitrogen and oxygen atoms in total. The van der Waals surface area contributed by atoms with Crippen LogP contribution in [0.25, 0.3) is 0 Å². The van der Waals surface area contributed by atoms with Crippen molar-refractivity contribution in [1.29, 1.82) is 0 Å². The Kier molecular flexibility index (Phi) is 6.75. The molecule has 34 heavy (non-hydrogen) atoms. The van der Waals surface area contributed by atoms with E-state index in [1.54, 1.807) is 17.0 Å². The van der Waals surface area contributed by atoms with E-state index in [-0.39, 0.29) is 18.3 Å². The van der Waals surface area contributed by atoms with Gasteiger partial charge in [-0.05, 0) is 87.2 Å². The highest BCUT2D eigenvalue weighted by Gasteiger charge is 2.31. The van der Waals surface area contributed by atoms with Crippen molar-refractivity contribution in [3.05, 3.63) is 53.3 Å². The van der Waals surface area contributed by atoms with Crippen LogP contribution in [0.15, 0.2) is 36.4 Å². The highest BCUT2D eigenvalue weighted by molar-refractivity contribution is 6.08. The van der Waals surface area contributed by atoms with Crippen LogP contribution in [0.2, 0.25) is 0 Å². The molecule has 2 aromatic carbocycles. The van der Waals surface area contributed by atoms with E-state index in [2.05, 4.69) is 9.80 Å². The lowest BCUT2D eigenvalue weighted by atomic mass is 9.98. The molecule has 0 saturated carbocycles. The molecule has 0 bridgehead atoms. The molecule has 2 aromatic rings. The minimum absolute atomic E-state index is 0.121. The minimum Gasteiger partial charge on any atom is -0.491 e. The minimum atomic E-state index is -0.502. The smallest absolute Gasteiger partial charge is 0.258 e. The Labute approximate surface area is 200 Å². The van der Waals surface area contributed by atoms with Gasteiger partial charge in [0.25, 0.3) is 5.91 Å². The van der Waals surface area contributed by atoms with Gasteiger partial charge in [-0.1, -0.05) is 6.92 Å². The van der Waals surface area contributed by atoms with Crippen LogP contribution in [0.4, 0.5) is 15.8 Å². The Bertz CT molecular complexity index is 1040. The topological polar surface area (TPSA) is 56.3 Å². The summed E-state index contributed by atoms with van der Waals surface area (Å²) in [6.07, 6.45) is 4.40. The number of aliphatic hydroxyl groups excluding tert-OH is 1. The van der Waals surface area contributed by atoms with Gasteiger partial charge in [0.2, 0.25) is 0 Å². The first-order chi connectivity index (χ1) is 16.5. The highest BCUT2D eigenvalue weighted by atomic mass is 19.1. The fourth-order valence-corrected chi connectivity index (χ4v) is 5.40. The Balaban J connectivity index is 1.27. The van der Waals surface area contributed by atoms with Gasteiger partial charge in [0.1, 0.15) is 18.2 Å². The summed E-state index contributed by atoms with van der Waals surface area (Å²) in [6, 6.07) is 11.1. The zero-order valence-electron chi connectivity index (χ0n) is 19.9. The van der Waals surface area contributed by atoms with Gasteiger partial charge < -0.3 is 19.6 Å². The number of anilines is 2. The molecule has 5 rings (SSSR count). The van der Waals surface area contributed by atoms with E-state index in [1.807, 2.05) is 25.1 Å². The van der Waals surface area contributed by atoms with Gasteiger partial charge in [-0.25, -0.2) is 4.39 Å². The second kappa shape index (κ2) is 9.92. The predicted octanol–water partition coefficient (Wildman–Crippen LogP) is 3.85. The summed E-state index contributed by atoms with van der Waals surface area (Å²) in [6.45, 7) is 6.68. The molecular weight excluding hydrogens is 433 g/mol. The zero-order valence-corrected chi connectivity index (χ0v) is 19.9. The maximum atomic E-state index is 15.2. The van der Waals surface area contributed by atoms with Crippen molar-refractivity contribution in [3.8, 4) is 5.75 Å². The van der Waals surface area contributed by atoms with Crippen LogP contribution in [0.1, 0.15) is 48.5 Å². The van der Waals surface area contributed by atoms with E-state index in [9.17, 15) is 9.90 Å². The van der Waals surface area contributed by atoms with Gasteiger partial charge in [-0.2, -0.15) is 0 Å². The number of nitrogens with zero attached hydrogens (tertiary/aromatic N) is 3. The van der Waals surface area contributed by atoms with Crippen LogP contribution < -0.4 is 14.5 Å². The average Bonchev–Trinajstić information content (AvgIpc) is 3.55. The molecule has 0 aromatic heterocycles. The Morgan fingerprint density at radius 2 is 1.94 bits per heavy atom. The molecule has 3 aliphatic rings. The SMILES string of the molecule is CC[C@@H](O)COc1ccc2c(c1)CCN(c1ccc(N3CC[C@@H](N4CCCC4)C3)c(F)c1)C2=O. The van der Waals surface area contributed by atoms with Crippen molar-refractivity contribution >= 4 is 17.3 Å². The monoisotopic (exact) mass is 467 g/mol. The van der Waals surface area contributed by atoms with E-state index in [0.717, 1.165) is 38.2 Å². The molecule has 2 fully saturated rings. The molecule has 7 heteroatoms. The second-order valence-corrected chi connectivity index (χ2v) is 9.67. The van der Waals surface area contributed by atoms with Crippen LogP contribution in [-0.2, 0) is 6.42 Å². The fourth-order valence-electron chi connectivity index (χ4n) is 5.40. The number of amides is 1. The quantitative estimate of drug-likeness (QED) is 0.670. The number of benzene rings is 2. The molecular formula is C27H34FN3O3. The number of hydrogen-bond donors (Lipinski definition) is 1. The first-order valence-electron chi connectivity index (χ1n) is 12.6. The highest BCUT2D eigenvalue weighted by Crippen LogP contribution is 2.32. The summed E-state index contributed by atoms with van der Waals surface area (Å²) in [5.74, 6) is 0.265. The van der Waals surface area contributed by atoms with Crippen LogP contribution in [0.3, 0.4) is 0 Å². The van der Waals surface area contributed by atoms with Gasteiger partial charge in [-0.3, -0.25) is 9.69 Å². The number of likely N-dealkylation sites (tertiary alicyclic amines) is 1. The Morgan fingerprint density at radius 1 is 1.12 bits per heavy atom. The molecule has 2 saturated heterocycles. The summed E-state index contributed by atoms with van der Waals surface area (Å²) >= 11 is 0. The lowest BCUT2D eigenvalue weighted by Gasteiger charge is -2.30. The summed E-state index contributed by atoms with van der Waals surface area (Å²) < 4.78 is 20.8. The van der Waals surface area contributed by atoms with Crippen LogP contribution in [0.5, 0.6) is 5.75 Å². The zero-order chi connectivity index (χ0) is 23.7. The largest absolute Gasteiger partial charge is 0.491 e. The predicted molar refractivity (Wildman–Crippen MR) is 131 cm³/mol. The number of carbonyl (C=O) groups excluding carboxylic acids is 1. The number of ether oxygens (including phenoxy) is 1. The van der Waals surface area contributed by atoms with Crippen molar-refractivity contribution in [2.24, 2.45) is 0 Å². The first-order valence-corrected chi connectivity index (χ1v) is 12.6. The molecule has 2 atom stereocenters. The number of hydrogen-bond acceptors (Lipinski definition) is 5. The van der Waals surface area contributed by atoms with E-state index in [1.165, 1.54) is 18.9 Å². The average molecular weight is 468 g/mol. The number of rotatable bonds is 7. The summed E-state index contributed by atoms with van der Waals surface area (Å²) in [5.41, 5.74) is 2.77. The van der Waals surface area contributed by atoms with Gasteiger partial charge in [0, 0.05) is 36.9 Å². The number of aliphatic hydroxyl groups is 1. The normalized spacial score (nSPS) is 21.7. The third-order valence-corrected chi connectivity index (χ3v) is 7.47. The summed E-state index contributed by atoms with van der Waals surface area (Å²) in [4.78, 5) is 19.5. The third kappa shape index (κ3) is 4.64. The molecule has 3 aliphatic heterocycles. The van der Waals surface area contributed by atoms with Crippen LogP contribution >= 0.6 is 0 Å². The number of fused-ring (bicyclic) bond motifs is 1. The fraction of sp³-hybridized carbons (Fsp3) is 0.519. The van der Waals surface area contributed by atoms with Gasteiger partial charge >= 0.3 is 0 Å². The van der Waals surface area contributed by atoms with Crippen molar-refractivity contribution in [3.63, 3.8) is 0 Å². The van der Waals surface area contributed by atoms with E-state index < -0.39 is 6.10 Å². The maximum absolute atomic E-state index is 15.2. The lowest BCUT2D eigenvalue weighted by molar-refractivity contribution is 0.0978. The van der Waals surface area contributed by atoms with Crippen LogP contribution in [-0.4, -0.2) is 67.4 Å². The number of carbonyl (C=O) groups is 1. The molecule has 182 valence electrons. The molecule has 1 N–H and O–H groups in total. The van der Waals surface area contributed by atoms with Gasteiger partial charge in [-0.15, -0.1) is 0 Å². The second-order valence-electron chi connectivity index (χ2n) is 9.67. The molecule has 3 heterocycles. The Morgan fingerprint density at radius 3 is 2.71 bits per heavy atom. The van der Waals surface area contributed by atoms with E-state index in [0.29, 0.717) is 48.1 Å². The van der Waals surface area contributed by atoms with Crippen molar-refractivity contribution in [2.75, 3.05) is 49.1 Å².